The fourth-order valence-electron chi connectivity index (χ4n) is 4.95. The van der Waals surface area contributed by atoms with E-state index in [4.69, 9.17) is 9.97 Å². The predicted molar refractivity (Wildman–Crippen MR) is 157 cm³/mol. The summed E-state index contributed by atoms with van der Waals surface area (Å²) in [6.07, 6.45) is 15.8. The minimum Gasteiger partial charge on any atom is -0.335 e. The van der Waals surface area contributed by atoms with Gasteiger partial charge < -0.3 is 4.98 Å². The van der Waals surface area contributed by atoms with Crippen molar-refractivity contribution >= 4 is 33.2 Å². The Morgan fingerprint density at radius 2 is 1.92 bits per heavy atom. The molecule has 0 amide bonds. The molecule has 0 spiro atoms. The van der Waals surface area contributed by atoms with Crippen LogP contribution < -0.4 is 0 Å². The Labute approximate surface area is 224 Å². The van der Waals surface area contributed by atoms with Crippen molar-refractivity contribution in [1.29, 1.82) is 0 Å². The summed E-state index contributed by atoms with van der Waals surface area (Å²) in [5.41, 5.74) is 9.53. The standard InChI is InChI=1S/C31H37N7/c1-6-22(19-38-14-8-9-15-38)16-23(7-2)25-12-13-26-29(33-25)30(37-36-26)31-34-27-18-32-17-24(28(27)35-31)21(5)11-10-20(3)4/h6-7,11-13,16-18,20H,1,8-10,14-15,19H2,2-5H3,(H,34,35)(H,36,37)/b21-11+,22-16+,23-7+. The summed E-state index contributed by atoms with van der Waals surface area (Å²) in [4.78, 5) is 20.4. The summed E-state index contributed by atoms with van der Waals surface area (Å²) >= 11 is 0. The number of imidazole rings is 1. The number of hydrogen-bond acceptors (Lipinski definition) is 5. The van der Waals surface area contributed by atoms with Crippen LogP contribution in [0.4, 0.5) is 0 Å². The summed E-state index contributed by atoms with van der Waals surface area (Å²) in [6.45, 7) is 15.9. The van der Waals surface area contributed by atoms with Crippen molar-refractivity contribution in [2.75, 3.05) is 19.6 Å². The average Bonchev–Trinajstić information content (AvgIpc) is 3.68. The molecule has 0 bridgehead atoms. The number of fused-ring (bicyclic) bond motifs is 2. The molecule has 1 saturated heterocycles. The number of aromatic nitrogens is 6. The third-order valence-corrected chi connectivity index (χ3v) is 7.16. The largest absolute Gasteiger partial charge is 0.335 e. The van der Waals surface area contributed by atoms with Gasteiger partial charge >= 0.3 is 0 Å². The van der Waals surface area contributed by atoms with Crippen molar-refractivity contribution in [3.8, 4) is 11.5 Å². The van der Waals surface area contributed by atoms with E-state index in [1.165, 1.54) is 24.0 Å². The molecule has 5 heterocycles. The average molecular weight is 508 g/mol. The lowest BCUT2D eigenvalue weighted by atomic mass is 10.0. The van der Waals surface area contributed by atoms with Crippen molar-refractivity contribution in [3.05, 3.63) is 72.2 Å². The van der Waals surface area contributed by atoms with E-state index in [-0.39, 0.29) is 0 Å². The Morgan fingerprint density at radius 3 is 2.66 bits per heavy atom. The van der Waals surface area contributed by atoms with Crippen LogP contribution in [-0.4, -0.2) is 54.7 Å². The van der Waals surface area contributed by atoms with Crippen LogP contribution in [-0.2, 0) is 0 Å². The SMILES string of the molecule is C=C/C(=C\C(=C/C)c1ccc2[nH]nc(-c3nc4c(/C(C)=C/CC(C)C)cncc4[nH]3)c2n1)CN1CCCC1. The highest BCUT2D eigenvalue weighted by Gasteiger charge is 2.18. The molecule has 4 aromatic rings. The molecule has 38 heavy (non-hydrogen) atoms. The molecule has 1 aliphatic heterocycles. The maximum absolute atomic E-state index is 5.04. The first-order valence-corrected chi connectivity index (χ1v) is 13.5. The maximum atomic E-state index is 5.04. The highest BCUT2D eigenvalue weighted by molar-refractivity contribution is 5.94. The minimum atomic E-state index is 0.599. The Hall–Kier alpha value is -3.84. The van der Waals surface area contributed by atoms with Gasteiger partial charge in [-0.1, -0.05) is 38.7 Å². The van der Waals surface area contributed by atoms with Crippen LogP contribution in [0.2, 0.25) is 0 Å². The van der Waals surface area contributed by atoms with Crippen LogP contribution >= 0.6 is 0 Å². The van der Waals surface area contributed by atoms with Gasteiger partial charge in [-0.25, -0.2) is 9.97 Å². The number of nitrogens with zero attached hydrogens (tertiary/aromatic N) is 5. The van der Waals surface area contributed by atoms with E-state index in [1.807, 2.05) is 37.5 Å². The van der Waals surface area contributed by atoms with E-state index in [0.717, 1.165) is 65.0 Å². The number of pyridine rings is 2. The zero-order chi connectivity index (χ0) is 26.6. The number of likely N-dealkylation sites (tertiary alicyclic amines) is 1. The Kier molecular flexibility index (Phi) is 7.65. The molecule has 1 fully saturated rings. The lowest BCUT2D eigenvalue weighted by Gasteiger charge is -2.15. The quantitative estimate of drug-likeness (QED) is 0.239. The summed E-state index contributed by atoms with van der Waals surface area (Å²) in [5.74, 6) is 1.28. The molecule has 4 aromatic heterocycles. The molecule has 5 rings (SSSR count). The van der Waals surface area contributed by atoms with Gasteiger partial charge in [0.15, 0.2) is 11.5 Å². The van der Waals surface area contributed by atoms with Crippen molar-refractivity contribution in [2.45, 2.75) is 47.0 Å². The zero-order valence-corrected chi connectivity index (χ0v) is 22.9. The molecule has 0 aliphatic carbocycles. The predicted octanol–water partition coefficient (Wildman–Crippen LogP) is 6.96. The normalized spacial score (nSPS) is 15.9. The van der Waals surface area contributed by atoms with Gasteiger partial charge in [-0.2, -0.15) is 5.10 Å². The molecule has 7 heteroatoms. The third-order valence-electron chi connectivity index (χ3n) is 7.16. The molecule has 196 valence electrons. The second-order valence-corrected chi connectivity index (χ2v) is 10.5. The van der Waals surface area contributed by atoms with E-state index >= 15 is 0 Å². The van der Waals surface area contributed by atoms with Gasteiger partial charge in [0.1, 0.15) is 5.52 Å². The van der Waals surface area contributed by atoms with Gasteiger partial charge in [-0.3, -0.25) is 15.0 Å². The van der Waals surface area contributed by atoms with Gasteiger partial charge in [0.25, 0.3) is 0 Å². The summed E-state index contributed by atoms with van der Waals surface area (Å²) < 4.78 is 0. The van der Waals surface area contributed by atoms with Crippen molar-refractivity contribution < 1.29 is 0 Å². The zero-order valence-electron chi connectivity index (χ0n) is 22.9. The van der Waals surface area contributed by atoms with Crippen LogP contribution in [0.1, 0.15) is 58.2 Å². The topological polar surface area (TPSA) is 86.4 Å². The van der Waals surface area contributed by atoms with Crippen molar-refractivity contribution in [3.63, 3.8) is 0 Å². The van der Waals surface area contributed by atoms with E-state index in [9.17, 15) is 0 Å². The van der Waals surface area contributed by atoms with Crippen molar-refractivity contribution in [2.24, 2.45) is 5.92 Å². The lowest BCUT2D eigenvalue weighted by molar-refractivity contribution is 0.371. The number of hydrogen-bond donors (Lipinski definition) is 2. The van der Waals surface area contributed by atoms with Gasteiger partial charge in [-0.05, 0) is 87.0 Å². The summed E-state index contributed by atoms with van der Waals surface area (Å²) in [7, 11) is 0. The van der Waals surface area contributed by atoms with Crippen LogP contribution in [0.3, 0.4) is 0 Å². The van der Waals surface area contributed by atoms with Gasteiger partial charge in [0, 0.05) is 18.3 Å². The first-order chi connectivity index (χ1) is 18.5. The summed E-state index contributed by atoms with van der Waals surface area (Å²) in [6, 6.07) is 4.07. The molecule has 7 nitrogen and oxygen atoms in total. The molecule has 1 aliphatic rings. The number of allylic oxidation sites excluding steroid dienone is 5. The number of H-pyrrole nitrogens is 2. The van der Waals surface area contributed by atoms with Crippen LogP contribution in [0.5, 0.6) is 0 Å². The number of nitrogens with one attached hydrogen (secondary N) is 2. The molecule has 0 aromatic carbocycles. The molecule has 0 atom stereocenters. The summed E-state index contributed by atoms with van der Waals surface area (Å²) in [5, 5.41) is 7.72. The lowest BCUT2D eigenvalue weighted by Crippen LogP contribution is -2.21. The van der Waals surface area contributed by atoms with Crippen LogP contribution in [0.25, 0.3) is 44.7 Å². The number of aromatic amines is 2. The van der Waals surface area contributed by atoms with Gasteiger partial charge in [-0.15, -0.1) is 0 Å². The Balaban J connectivity index is 1.51. The minimum absolute atomic E-state index is 0.599. The van der Waals surface area contributed by atoms with E-state index < -0.39 is 0 Å². The van der Waals surface area contributed by atoms with Crippen molar-refractivity contribution in [1.82, 2.24) is 35.0 Å². The fraction of sp³-hybridized carbons (Fsp3) is 0.355. The molecule has 0 unspecified atom stereocenters. The smallest absolute Gasteiger partial charge is 0.161 e. The highest BCUT2D eigenvalue weighted by Crippen LogP contribution is 2.30. The molecular formula is C31H37N7. The fourth-order valence-corrected chi connectivity index (χ4v) is 4.95. The Bertz CT molecular complexity index is 1540. The first kappa shape index (κ1) is 25.8. The second kappa shape index (κ2) is 11.3. The number of rotatable bonds is 9. The van der Waals surface area contributed by atoms with Crippen LogP contribution in [0.15, 0.2) is 61.0 Å². The van der Waals surface area contributed by atoms with E-state index in [2.05, 4.69) is 70.6 Å². The Morgan fingerprint density at radius 1 is 1.11 bits per heavy atom. The maximum Gasteiger partial charge on any atom is 0.161 e. The van der Waals surface area contributed by atoms with Gasteiger partial charge in [0.05, 0.1) is 28.4 Å². The van der Waals surface area contributed by atoms with E-state index in [1.54, 1.807) is 0 Å². The van der Waals surface area contributed by atoms with Gasteiger partial charge in [0.2, 0.25) is 0 Å². The van der Waals surface area contributed by atoms with E-state index in [0.29, 0.717) is 17.4 Å². The molecule has 0 saturated carbocycles. The third kappa shape index (κ3) is 5.38. The molecule has 0 radical (unpaired) electrons. The highest BCUT2D eigenvalue weighted by atomic mass is 15.2. The second-order valence-electron chi connectivity index (χ2n) is 10.5. The van der Waals surface area contributed by atoms with Crippen LogP contribution in [0, 0.1) is 5.92 Å². The molecular weight excluding hydrogens is 470 g/mol. The first-order valence-electron chi connectivity index (χ1n) is 13.5. The monoisotopic (exact) mass is 507 g/mol. The molecule has 2 N–H and O–H groups in total.